The highest BCUT2D eigenvalue weighted by molar-refractivity contribution is 4.75. The summed E-state index contributed by atoms with van der Waals surface area (Å²) in [5, 5.41) is 0. The van der Waals surface area contributed by atoms with Crippen molar-refractivity contribution >= 4 is 0 Å². The number of ether oxygens (including phenoxy) is 1. The zero-order valence-electron chi connectivity index (χ0n) is 9.59. The molecule has 2 nitrogen and oxygen atoms in total. The average molecular weight is 239 g/mol. The number of nitrogens with two attached hydrogens (primary N) is 1. The highest BCUT2D eigenvalue weighted by atomic mass is 19.4. The van der Waals surface area contributed by atoms with Crippen LogP contribution in [0.2, 0.25) is 0 Å². The van der Waals surface area contributed by atoms with Crippen molar-refractivity contribution in [3.8, 4) is 0 Å². The van der Waals surface area contributed by atoms with Crippen molar-refractivity contribution < 1.29 is 17.9 Å². The molecular formula is C11H20F3NO. The molecular weight excluding hydrogens is 219 g/mol. The van der Waals surface area contributed by atoms with E-state index in [1.54, 1.807) is 0 Å². The Hall–Kier alpha value is -0.290. The molecule has 1 aliphatic rings. The molecule has 16 heavy (non-hydrogen) atoms. The summed E-state index contributed by atoms with van der Waals surface area (Å²) in [6.07, 6.45) is -2.85. The van der Waals surface area contributed by atoms with Crippen LogP contribution in [0.15, 0.2) is 0 Å². The smallest absolute Gasteiger partial charge is 0.365 e. The van der Waals surface area contributed by atoms with Gasteiger partial charge in [0.25, 0.3) is 0 Å². The average Bonchev–Trinajstić information content (AvgIpc) is 2.16. The second kappa shape index (κ2) is 5.87. The van der Waals surface area contributed by atoms with Crippen LogP contribution in [0.1, 0.15) is 39.0 Å². The number of alkyl halides is 3. The summed E-state index contributed by atoms with van der Waals surface area (Å²) in [5.41, 5.74) is 5.18. The first-order valence-corrected chi connectivity index (χ1v) is 5.85. The zero-order chi connectivity index (χ0) is 12.2. The van der Waals surface area contributed by atoms with Crippen LogP contribution >= 0.6 is 0 Å². The van der Waals surface area contributed by atoms with E-state index in [0.29, 0.717) is 5.92 Å². The van der Waals surface area contributed by atoms with E-state index in [4.69, 9.17) is 10.5 Å². The van der Waals surface area contributed by atoms with Gasteiger partial charge in [0.05, 0.1) is 6.10 Å². The van der Waals surface area contributed by atoms with Gasteiger partial charge in [-0.15, -0.1) is 0 Å². The summed E-state index contributed by atoms with van der Waals surface area (Å²) in [6, 6.07) is 0. The van der Waals surface area contributed by atoms with Crippen LogP contribution < -0.4 is 5.73 Å². The predicted octanol–water partition coefficient (Wildman–Crippen LogP) is 2.86. The van der Waals surface area contributed by atoms with Crippen molar-refractivity contribution in [3.63, 3.8) is 0 Å². The number of hydrogen-bond donors (Lipinski definition) is 1. The van der Waals surface area contributed by atoms with Gasteiger partial charge in [0.1, 0.15) is 0 Å². The van der Waals surface area contributed by atoms with Crippen molar-refractivity contribution in [1.82, 2.24) is 0 Å². The maximum absolute atomic E-state index is 12.6. The summed E-state index contributed by atoms with van der Waals surface area (Å²) >= 11 is 0. The standard InChI is InChI=1S/C11H20F3NO/c1-8-3-2-4-9(7-8)16-10(5-6-15)11(12,13)14/h8-10H,2-7,15H2,1H3. The molecule has 0 heterocycles. The van der Waals surface area contributed by atoms with Crippen molar-refractivity contribution in [1.29, 1.82) is 0 Å². The van der Waals surface area contributed by atoms with Crippen molar-refractivity contribution in [2.45, 2.75) is 57.4 Å². The normalized spacial score (nSPS) is 29.1. The third-order valence-electron chi connectivity index (χ3n) is 3.04. The molecule has 0 radical (unpaired) electrons. The molecule has 0 aromatic rings. The highest BCUT2D eigenvalue weighted by Gasteiger charge is 2.41. The van der Waals surface area contributed by atoms with Gasteiger partial charge in [0.2, 0.25) is 0 Å². The van der Waals surface area contributed by atoms with Crippen molar-refractivity contribution in [2.75, 3.05) is 6.54 Å². The molecule has 0 bridgehead atoms. The van der Waals surface area contributed by atoms with Gasteiger partial charge in [-0.1, -0.05) is 19.8 Å². The molecule has 1 saturated carbocycles. The molecule has 1 rings (SSSR count). The van der Waals surface area contributed by atoms with Gasteiger partial charge in [-0.25, -0.2) is 0 Å². The first kappa shape index (κ1) is 13.8. The van der Waals surface area contributed by atoms with Crippen LogP contribution in [-0.2, 0) is 4.74 Å². The largest absolute Gasteiger partial charge is 0.414 e. The fraction of sp³-hybridized carbons (Fsp3) is 1.00. The van der Waals surface area contributed by atoms with E-state index in [1.807, 2.05) is 0 Å². The van der Waals surface area contributed by atoms with E-state index < -0.39 is 12.3 Å². The molecule has 1 aliphatic carbocycles. The van der Waals surface area contributed by atoms with Crippen molar-refractivity contribution in [3.05, 3.63) is 0 Å². The maximum Gasteiger partial charge on any atom is 0.414 e. The maximum atomic E-state index is 12.6. The molecule has 5 heteroatoms. The Kier molecular flexibility index (Phi) is 5.05. The fourth-order valence-electron chi connectivity index (χ4n) is 2.19. The van der Waals surface area contributed by atoms with Crippen LogP contribution in [-0.4, -0.2) is 24.9 Å². The molecule has 3 unspecified atom stereocenters. The summed E-state index contributed by atoms with van der Waals surface area (Å²) < 4.78 is 42.9. The molecule has 96 valence electrons. The minimum Gasteiger partial charge on any atom is -0.365 e. The third-order valence-corrected chi connectivity index (χ3v) is 3.04. The molecule has 0 spiro atoms. The van der Waals surface area contributed by atoms with E-state index >= 15 is 0 Å². The van der Waals surface area contributed by atoms with Gasteiger partial charge >= 0.3 is 6.18 Å². The van der Waals surface area contributed by atoms with Gasteiger partial charge < -0.3 is 10.5 Å². The molecule has 1 fully saturated rings. The minimum atomic E-state index is -4.29. The second-order valence-corrected chi connectivity index (χ2v) is 4.64. The molecule has 2 N–H and O–H groups in total. The van der Waals surface area contributed by atoms with Crippen LogP contribution in [0.4, 0.5) is 13.2 Å². The minimum absolute atomic E-state index is 0.00640. The Morgan fingerprint density at radius 2 is 2.06 bits per heavy atom. The number of hydrogen-bond acceptors (Lipinski definition) is 2. The Morgan fingerprint density at radius 3 is 2.56 bits per heavy atom. The van der Waals surface area contributed by atoms with Gasteiger partial charge in [0, 0.05) is 0 Å². The van der Waals surface area contributed by atoms with Gasteiger partial charge in [-0.3, -0.25) is 0 Å². The predicted molar refractivity (Wildman–Crippen MR) is 56.0 cm³/mol. The Balaban J connectivity index is 2.47. The van der Waals surface area contributed by atoms with Crippen LogP contribution in [0.25, 0.3) is 0 Å². The molecule has 0 amide bonds. The third kappa shape index (κ3) is 4.29. The topological polar surface area (TPSA) is 35.2 Å². The van der Waals surface area contributed by atoms with Gasteiger partial charge in [-0.05, 0) is 31.7 Å². The van der Waals surface area contributed by atoms with E-state index in [1.165, 1.54) is 0 Å². The lowest BCUT2D eigenvalue weighted by molar-refractivity contribution is -0.237. The summed E-state index contributed by atoms with van der Waals surface area (Å²) in [4.78, 5) is 0. The van der Waals surface area contributed by atoms with E-state index in [2.05, 4.69) is 6.92 Å². The molecule has 0 aromatic carbocycles. The Morgan fingerprint density at radius 1 is 1.38 bits per heavy atom. The lowest BCUT2D eigenvalue weighted by Crippen LogP contribution is -2.38. The Bertz CT molecular complexity index is 208. The number of halogens is 3. The lowest BCUT2D eigenvalue weighted by Gasteiger charge is -2.31. The lowest BCUT2D eigenvalue weighted by atomic mass is 9.88. The highest BCUT2D eigenvalue weighted by Crippen LogP contribution is 2.31. The first-order chi connectivity index (χ1) is 7.43. The van der Waals surface area contributed by atoms with Gasteiger partial charge in [-0.2, -0.15) is 13.2 Å². The first-order valence-electron chi connectivity index (χ1n) is 5.85. The van der Waals surface area contributed by atoms with Crippen LogP contribution in [0, 0.1) is 5.92 Å². The van der Waals surface area contributed by atoms with Crippen LogP contribution in [0.3, 0.4) is 0 Å². The summed E-state index contributed by atoms with van der Waals surface area (Å²) in [6.45, 7) is 2.06. The summed E-state index contributed by atoms with van der Waals surface area (Å²) in [5.74, 6) is 0.463. The Labute approximate surface area is 94.3 Å². The van der Waals surface area contributed by atoms with Gasteiger partial charge in [0.15, 0.2) is 6.10 Å². The molecule has 0 aliphatic heterocycles. The van der Waals surface area contributed by atoms with E-state index in [0.717, 1.165) is 25.7 Å². The molecule has 0 saturated heterocycles. The zero-order valence-corrected chi connectivity index (χ0v) is 9.59. The van der Waals surface area contributed by atoms with E-state index in [-0.39, 0.29) is 19.1 Å². The molecule has 0 aromatic heterocycles. The SMILES string of the molecule is CC1CCCC(OC(CCN)C(F)(F)F)C1. The molecule has 3 atom stereocenters. The second-order valence-electron chi connectivity index (χ2n) is 4.64. The quantitative estimate of drug-likeness (QED) is 0.818. The fourth-order valence-corrected chi connectivity index (χ4v) is 2.19. The monoisotopic (exact) mass is 239 g/mol. The van der Waals surface area contributed by atoms with Crippen molar-refractivity contribution in [2.24, 2.45) is 11.7 Å². The summed E-state index contributed by atoms with van der Waals surface area (Å²) in [7, 11) is 0. The van der Waals surface area contributed by atoms with E-state index in [9.17, 15) is 13.2 Å². The van der Waals surface area contributed by atoms with Crippen LogP contribution in [0.5, 0.6) is 0 Å². The number of rotatable bonds is 4.